The lowest BCUT2D eigenvalue weighted by Crippen LogP contribution is -2.22. The minimum Gasteiger partial charge on any atom is -0.390 e. The second kappa shape index (κ2) is 5.46. The number of aryl methyl sites for hydroxylation is 1. The van der Waals surface area contributed by atoms with Crippen molar-refractivity contribution in [3.05, 3.63) is 21.9 Å². The summed E-state index contributed by atoms with van der Waals surface area (Å²) in [5, 5.41) is 24.2. The Morgan fingerprint density at radius 3 is 2.71 bits per heavy atom. The second-order valence-electron chi connectivity index (χ2n) is 3.40. The topological polar surface area (TPSA) is 52.5 Å². The molecule has 3 nitrogen and oxygen atoms in total. The third-order valence-corrected chi connectivity index (χ3v) is 3.03. The Morgan fingerprint density at radius 2 is 2.21 bits per heavy atom. The van der Waals surface area contributed by atoms with Crippen molar-refractivity contribution in [3.63, 3.8) is 0 Å². The maximum Gasteiger partial charge on any atom is 0.106 e. The van der Waals surface area contributed by atoms with E-state index in [4.69, 9.17) is 0 Å². The van der Waals surface area contributed by atoms with E-state index in [1.807, 2.05) is 25.4 Å². The summed E-state index contributed by atoms with van der Waals surface area (Å²) in [6.07, 6.45) is -0.878. The average Bonchev–Trinajstić information content (AvgIpc) is 2.60. The SMILES string of the molecule is CNCCC(O)C(O)c1csc(C)c1. The fraction of sp³-hybridized carbons (Fsp3) is 0.600. The Morgan fingerprint density at radius 1 is 1.50 bits per heavy atom. The van der Waals surface area contributed by atoms with Crippen LogP contribution in [0.4, 0.5) is 0 Å². The maximum atomic E-state index is 9.76. The molecule has 14 heavy (non-hydrogen) atoms. The van der Waals surface area contributed by atoms with Gasteiger partial charge in [0, 0.05) is 4.88 Å². The van der Waals surface area contributed by atoms with Gasteiger partial charge in [-0.2, -0.15) is 0 Å². The zero-order chi connectivity index (χ0) is 10.6. The molecule has 1 aromatic rings. The summed E-state index contributed by atoms with van der Waals surface area (Å²) in [7, 11) is 1.83. The molecule has 1 heterocycles. The van der Waals surface area contributed by atoms with Crippen LogP contribution in [0.2, 0.25) is 0 Å². The first kappa shape index (κ1) is 11.7. The number of nitrogens with one attached hydrogen (secondary N) is 1. The lowest BCUT2D eigenvalue weighted by atomic mass is 10.1. The number of thiophene rings is 1. The fourth-order valence-electron chi connectivity index (χ4n) is 1.29. The molecule has 0 aliphatic heterocycles. The van der Waals surface area contributed by atoms with E-state index in [0.29, 0.717) is 13.0 Å². The molecule has 3 N–H and O–H groups in total. The molecule has 0 bridgehead atoms. The van der Waals surface area contributed by atoms with E-state index < -0.39 is 12.2 Å². The van der Waals surface area contributed by atoms with E-state index in [1.165, 1.54) is 0 Å². The van der Waals surface area contributed by atoms with Gasteiger partial charge < -0.3 is 15.5 Å². The molecule has 0 saturated carbocycles. The van der Waals surface area contributed by atoms with Crippen LogP contribution in [0, 0.1) is 6.92 Å². The Balaban J connectivity index is 2.51. The van der Waals surface area contributed by atoms with E-state index in [0.717, 1.165) is 10.4 Å². The van der Waals surface area contributed by atoms with Gasteiger partial charge in [0.2, 0.25) is 0 Å². The van der Waals surface area contributed by atoms with Crippen LogP contribution in [0.5, 0.6) is 0 Å². The van der Waals surface area contributed by atoms with Crippen LogP contribution in [0.1, 0.15) is 23.0 Å². The van der Waals surface area contributed by atoms with Gasteiger partial charge in [0.25, 0.3) is 0 Å². The van der Waals surface area contributed by atoms with Gasteiger partial charge in [-0.25, -0.2) is 0 Å². The van der Waals surface area contributed by atoms with Crippen molar-refractivity contribution in [1.82, 2.24) is 5.32 Å². The summed E-state index contributed by atoms with van der Waals surface area (Å²) in [6, 6.07) is 1.91. The number of rotatable bonds is 5. The summed E-state index contributed by atoms with van der Waals surface area (Å²) in [5.41, 5.74) is 0.816. The molecule has 0 aromatic carbocycles. The van der Waals surface area contributed by atoms with E-state index >= 15 is 0 Å². The highest BCUT2D eigenvalue weighted by Crippen LogP contribution is 2.23. The summed E-state index contributed by atoms with van der Waals surface area (Å²) >= 11 is 1.59. The van der Waals surface area contributed by atoms with Crippen molar-refractivity contribution >= 4 is 11.3 Å². The molecule has 0 radical (unpaired) electrons. The Bertz CT molecular complexity index is 275. The third kappa shape index (κ3) is 3.06. The first-order chi connectivity index (χ1) is 6.65. The third-order valence-electron chi connectivity index (χ3n) is 2.15. The molecular formula is C10H17NO2S. The lowest BCUT2D eigenvalue weighted by molar-refractivity contribution is 0.0142. The quantitative estimate of drug-likeness (QED) is 0.688. The molecule has 1 aromatic heterocycles. The first-order valence-corrected chi connectivity index (χ1v) is 5.59. The second-order valence-corrected chi connectivity index (χ2v) is 4.51. The monoisotopic (exact) mass is 215 g/mol. The van der Waals surface area contributed by atoms with Gasteiger partial charge in [-0.15, -0.1) is 11.3 Å². The summed E-state index contributed by atoms with van der Waals surface area (Å²) in [4.78, 5) is 1.15. The van der Waals surface area contributed by atoms with Gasteiger partial charge in [0.15, 0.2) is 0 Å². The highest BCUT2D eigenvalue weighted by Gasteiger charge is 2.18. The largest absolute Gasteiger partial charge is 0.390 e. The summed E-state index contributed by atoms with van der Waals surface area (Å²) in [6.45, 7) is 2.70. The molecule has 2 atom stereocenters. The molecule has 0 spiro atoms. The van der Waals surface area contributed by atoms with Crippen molar-refractivity contribution in [1.29, 1.82) is 0 Å². The van der Waals surface area contributed by atoms with Gasteiger partial charge in [-0.3, -0.25) is 0 Å². The summed E-state index contributed by atoms with van der Waals surface area (Å²) in [5.74, 6) is 0. The van der Waals surface area contributed by atoms with Crippen LogP contribution in [-0.2, 0) is 0 Å². The predicted molar refractivity (Wildman–Crippen MR) is 58.6 cm³/mol. The molecule has 2 unspecified atom stereocenters. The average molecular weight is 215 g/mol. The van der Waals surface area contributed by atoms with Crippen LogP contribution < -0.4 is 5.32 Å². The van der Waals surface area contributed by atoms with E-state index in [-0.39, 0.29) is 0 Å². The van der Waals surface area contributed by atoms with Crippen LogP contribution in [0.25, 0.3) is 0 Å². The normalized spacial score (nSPS) is 15.4. The number of hydrogen-bond donors (Lipinski definition) is 3. The Labute approximate surface area is 88.4 Å². The standard InChI is InChI=1S/C10H17NO2S/c1-7-5-8(6-14-7)10(13)9(12)3-4-11-2/h5-6,9-13H,3-4H2,1-2H3. The molecule has 1 rings (SSSR count). The van der Waals surface area contributed by atoms with Gasteiger partial charge in [0.05, 0.1) is 6.10 Å². The van der Waals surface area contributed by atoms with E-state index in [1.54, 1.807) is 11.3 Å². The molecule has 0 fully saturated rings. The highest BCUT2D eigenvalue weighted by atomic mass is 32.1. The zero-order valence-corrected chi connectivity index (χ0v) is 9.34. The minimum absolute atomic E-state index is 0.562. The van der Waals surface area contributed by atoms with E-state index in [9.17, 15) is 10.2 Å². The Kier molecular flexibility index (Phi) is 4.54. The molecule has 0 saturated heterocycles. The van der Waals surface area contributed by atoms with E-state index in [2.05, 4.69) is 5.32 Å². The Hall–Kier alpha value is -0.420. The van der Waals surface area contributed by atoms with Crippen molar-refractivity contribution < 1.29 is 10.2 Å². The van der Waals surface area contributed by atoms with Gasteiger partial charge in [-0.05, 0) is 43.9 Å². The molecule has 0 aliphatic carbocycles. The van der Waals surface area contributed by atoms with Gasteiger partial charge in [-0.1, -0.05) is 0 Å². The molecule has 4 heteroatoms. The first-order valence-electron chi connectivity index (χ1n) is 4.71. The number of aliphatic hydroxyl groups is 2. The predicted octanol–water partition coefficient (Wildman–Crippen LogP) is 1.06. The highest BCUT2D eigenvalue weighted by molar-refractivity contribution is 7.10. The molecular weight excluding hydrogens is 198 g/mol. The van der Waals surface area contributed by atoms with Crippen LogP contribution >= 0.6 is 11.3 Å². The smallest absolute Gasteiger partial charge is 0.106 e. The van der Waals surface area contributed by atoms with Crippen molar-refractivity contribution in [2.24, 2.45) is 0 Å². The van der Waals surface area contributed by atoms with Crippen LogP contribution in [0.3, 0.4) is 0 Å². The minimum atomic E-state index is -0.756. The van der Waals surface area contributed by atoms with Crippen molar-refractivity contribution in [2.45, 2.75) is 25.6 Å². The van der Waals surface area contributed by atoms with Crippen molar-refractivity contribution in [3.8, 4) is 0 Å². The summed E-state index contributed by atoms with van der Waals surface area (Å²) < 4.78 is 0. The fourth-order valence-corrected chi connectivity index (χ4v) is 2.02. The van der Waals surface area contributed by atoms with Crippen LogP contribution in [0.15, 0.2) is 11.4 Å². The number of hydrogen-bond acceptors (Lipinski definition) is 4. The molecule has 0 aliphatic rings. The zero-order valence-electron chi connectivity index (χ0n) is 8.53. The lowest BCUT2D eigenvalue weighted by Gasteiger charge is -2.16. The van der Waals surface area contributed by atoms with Crippen molar-refractivity contribution in [2.75, 3.05) is 13.6 Å². The van der Waals surface area contributed by atoms with Gasteiger partial charge >= 0.3 is 0 Å². The molecule has 80 valence electrons. The van der Waals surface area contributed by atoms with Gasteiger partial charge in [0.1, 0.15) is 6.10 Å². The maximum absolute atomic E-state index is 9.76. The molecule has 0 amide bonds. The number of aliphatic hydroxyl groups excluding tert-OH is 2. The van der Waals surface area contributed by atoms with Crippen LogP contribution in [-0.4, -0.2) is 29.9 Å².